The van der Waals surface area contributed by atoms with Crippen molar-refractivity contribution in [1.82, 2.24) is 4.90 Å². The summed E-state index contributed by atoms with van der Waals surface area (Å²) < 4.78 is 6.25. The molecule has 2 atom stereocenters. The molecule has 1 aromatic rings. The lowest BCUT2D eigenvalue weighted by Crippen LogP contribution is -2.51. The highest BCUT2D eigenvalue weighted by Crippen LogP contribution is 2.37. The van der Waals surface area contributed by atoms with Crippen LogP contribution in [-0.2, 0) is 4.79 Å². The molecule has 1 fully saturated rings. The maximum Gasteiger partial charge on any atom is 0.223 e. The van der Waals surface area contributed by atoms with Gasteiger partial charge in [0.1, 0.15) is 5.75 Å². The van der Waals surface area contributed by atoms with Crippen molar-refractivity contribution in [3.05, 3.63) is 28.2 Å². The number of halogens is 1. The number of hydrogen-bond acceptors (Lipinski definition) is 3. The van der Waals surface area contributed by atoms with E-state index in [0.29, 0.717) is 6.42 Å². The average molecular weight is 341 g/mol. The molecule has 0 aromatic heterocycles. The maximum absolute atomic E-state index is 12.3. The summed E-state index contributed by atoms with van der Waals surface area (Å²) in [5.41, 5.74) is 7.32. The van der Waals surface area contributed by atoms with Crippen LogP contribution in [0.3, 0.4) is 0 Å². The zero-order valence-electron chi connectivity index (χ0n) is 12.1. The topological polar surface area (TPSA) is 55.6 Å². The second kappa shape index (κ2) is 6.14. The quantitative estimate of drug-likeness (QED) is 0.920. The molecule has 1 aliphatic heterocycles. The zero-order valence-corrected chi connectivity index (χ0v) is 13.7. The van der Waals surface area contributed by atoms with E-state index in [4.69, 9.17) is 10.5 Å². The van der Waals surface area contributed by atoms with Crippen LogP contribution in [0.2, 0.25) is 0 Å². The van der Waals surface area contributed by atoms with Crippen LogP contribution in [0.5, 0.6) is 5.75 Å². The first-order valence-electron chi connectivity index (χ1n) is 6.86. The van der Waals surface area contributed by atoms with E-state index in [-0.39, 0.29) is 24.0 Å². The summed E-state index contributed by atoms with van der Waals surface area (Å²) in [4.78, 5) is 14.2. The van der Waals surface area contributed by atoms with Gasteiger partial charge in [-0.3, -0.25) is 4.79 Å². The number of likely N-dealkylation sites (tertiary alicyclic amines) is 1. The fraction of sp³-hybridized carbons (Fsp3) is 0.533. The van der Waals surface area contributed by atoms with E-state index in [9.17, 15) is 4.79 Å². The highest BCUT2D eigenvalue weighted by Gasteiger charge is 2.37. The van der Waals surface area contributed by atoms with E-state index in [1.54, 1.807) is 7.11 Å². The number of methoxy groups -OCH3 is 1. The predicted octanol–water partition coefficient (Wildman–Crippen LogP) is 2.86. The minimum atomic E-state index is -0.110. The van der Waals surface area contributed by atoms with E-state index in [0.717, 1.165) is 22.2 Å². The van der Waals surface area contributed by atoms with Crippen molar-refractivity contribution in [1.29, 1.82) is 0 Å². The molecule has 5 heteroatoms. The van der Waals surface area contributed by atoms with Gasteiger partial charge in [0.2, 0.25) is 5.91 Å². The average Bonchev–Trinajstić information content (AvgIpc) is 2.41. The van der Waals surface area contributed by atoms with E-state index < -0.39 is 0 Å². The van der Waals surface area contributed by atoms with Crippen molar-refractivity contribution in [2.75, 3.05) is 7.11 Å². The van der Waals surface area contributed by atoms with Crippen molar-refractivity contribution in [3.63, 3.8) is 0 Å². The number of piperidine rings is 1. The first kappa shape index (κ1) is 15.3. The highest BCUT2D eigenvalue weighted by atomic mass is 79.9. The van der Waals surface area contributed by atoms with Crippen molar-refractivity contribution in [2.24, 2.45) is 5.73 Å². The Morgan fingerprint density at radius 3 is 2.75 bits per heavy atom. The molecule has 1 amide bonds. The lowest BCUT2D eigenvalue weighted by atomic mass is 9.89. The van der Waals surface area contributed by atoms with Crippen LogP contribution in [0.25, 0.3) is 0 Å². The minimum absolute atomic E-state index is 0.0569. The largest absolute Gasteiger partial charge is 0.497 e. The van der Waals surface area contributed by atoms with Gasteiger partial charge in [-0.1, -0.05) is 15.9 Å². The summed E-state index contributed by atoms with van der Waals surface area (Å²) in [5.74, 6) is 0.943. The van der Waals surface area contributed by atoms with Gasteiger partial charge in [0, 0.05) is 23.0 Å². The second-order valence-electron chi connectivity index (χ2n) is 5.43. The number of nitrogens with two attached hydrogens (primary N) is 1. The molecule has 2 N–H and O–H groups in total. The molecule has 110 valence electrons. The van der Waals surface area contributed by atoms with Gasteiger partial charge in [0.25, 0.3) is 0 Å². The van der Waals surface area contributed by atoms with Crippen molar-refractivity contribution < 1.29 is 9.53 Å². The molecule has 2 rings (SSSR count). The summed E-state index contributed by atoms with van der Waals surface area (Å²) in [6, 6.07) is 5.75. The smallest absolute Gasteiger partial charge is 0.223 e. The number of ether oxygens (including phenoxy) is 1. The number of amides is 1. The van der Waals surface area contributed by atoms with Crippen LogP contribution >= 0.6 is 15.9 Å². The summed E-state index contributed by atoms with van der Waals surface area (Å²) in [6.07, 6.45) is 1.24. The number of carbonyl (C=O) groups is 1. The van der Waals surface area contributed by atoms with Crippen LogP contribution < -0.4 is 10.5 Å². The van der Waals surface area contributed by atoms with Crippen LogP contribution in [0.1, 0.15) is 38.3 Å². The number of nitrogens with zero attached hydrogens (tertiary/aromatic N) is 1. The van der Waals surface area contributed by atoms with E-state index >= 15 is 0 Å². The molecule has 1 aromatic carbocycles. The monoisotopic (exact) mass is 340 g/mol. The summed E-state index contributed by atoms with van der Waals surface area (Å²) in [6.45, 7) is 4.05. The molecule has 0 saturated carbocycles. The highest BCUT2D eigenvalue weighted by molar-refractivity contribution is 9.10. The van der Waals surface area contributed by atoms with Gasteiger partial charge in [-0.05, 0) is 44.0 Å². The Morgan fingerprint density at radius 2 is 2.15 bits per heavy atom. The van der Waals surface area contributed by atoms with Gasteiger partial charge >= 0.3 is 0 Å². The molecule has 4 nitrogen and oxygen atoms in total. The van der Waals surface area contributed by atoms with Gasteiger partial charge in [0.15, 0.2) is 0 Å². The number of benzene rings is 1. The second-order valence-corrected chi connectivity index (χ2v) is 6.28. The van der Waals surface area contributed by atoms with Gasteiger partial charge in [-0.2, -0.15) is 0 Å². The molecule has 20 heavy (non-hydrogen) atoms. The first-order chi connectivity index (χ1) is 9.45. The summed E-state index contributed by atoms with van der Waals surface area (Å²) in [7, 11) is 1.64. The third-order valence-corrected chi connectivity index (χ3v) is 4.49. The van der Waals surface area contributed by atoms with Crippen molar-refractivity contribution in [3.8, 4) is 5.75 Å². The third-order valence-electron chi connectivity index (χ3n) is 3.76. The standard InChI is InChI=1S/C15H21BrN2O2/c1-9(2)18-14(19)7-6-13(17)15(18)11-8-10(20-3)4-5-12(11)16/h4-5,8-9,13,15H,6-7,17H2,1-3H3. The van der Waals surface area contributed by atoms with Crippen LogP contribution in [-0.4, -0.2) is 30.0 Å². The molecular weight excluding hydrogens is 320 g/mol. The minimum Gasteiger partial charge on any atom is -0.497 e. The summed E-state index contributed by atoms with van der Waals surface area (Å²) in [5, 5.41) is 0. The molecule has 1 saturated heterocycles. The number of hydrogen-bond donors (Lipinski definition) is 1. The van der Waals surface area contributed by atoms with Gasteiger partial charge in [-0.25, -0.2) is 0 Å². The maximum atomic E-state index is 12.3. The van der Waals surface area contributed by atoms with E-state index in [2.05, 4.69) is 15.9 Å². The first-order valence-corrected chi connectivity index (χ1v) is 7.65. The lowest BCUT2D eigenvalue weighted by Gasteiger charge is -2.42. The Balaban J connectivity index is 2.48. The van der Waals surface area contributed by atoms with Gasteiger partial charge < -0.3 is 15.4 Å². The lowest BCUT2D eigenvalue weighted by molar-refractivity contribution is -0.139. The third kappa shape index (κ3) is 2.83. The Morgan fingerprint density at radius 1 is 1.45 bits per heavy atom. The fourth-order valence-corrected chi connectivity index (χ4v) is 3.28. The molecular formula is C15H21BrN2O2. The molecule has 1 heterocycles. The van der Waals surface area contributed by atoms with Crippen LogP contribution in [0.4, 0.5) is 0 Å². The number of carbonyl (C=O) groups excluding carboxylic acids is 1. The van der Waals surface area contributed by atoms with E-state index in [1.165, 1.54) is 0 Å². The molecule has 0 aliphatic carbocycles. The number of rotatable bonds is 3. The molecule has 2 unspecified atom stereocenters. The molecule has 0 radical (unpaired) electrons. The molecule has 1 aliphatic rings. The summed E-state index contributed by atoms with van der Waals surface area (Å²) >= 11 is 3.57. The zero-order chi connectivity index (χ0) is 14.9. The Hall–Kier alpha value is -1.07. The Labute approximate surface area is 128 Å². The van der Waals surface area contributed by atoms with Gasteiger partial charge in [-0.15, -0.1) is 0 Å². The SMILES string of the molecule is COc1ccc(Br)c(C2C(N)CCC(=O)N2C(C)C)c1. The molecule has 0 bridgehead atoms. The molecule has 0 spiro atoms. The van der Waals surface area contributed by atoms with Crippen molar-refractivity contribution >= 4 is 21.8 Å². The predicted molar refractivity (Wildman–Crippen MR) is 82.6 cm³/mol. The van der Waals surface area contributed by atoms with Crippen LogP contribution in [0.15, 0.2) is 22.7 Å². The fourth-order valence-electron chi connectivity index (χ4n) is 2.80. The van der Waals surface area contributed by atoms with E-state index in [1.807, 2.05) is 36.9 Å². The van der Waals surface area contributed by atoms with Gasteiger partial charge in [0.05, 0.1) is 13.2 Å². The van der Waals surface area contributed by atoms with Crippen LogP contribution in [0, 0.1) is 0 Å². The normalized spacial score (nSPS) is 23.3. The van der Waals surface area contributed by atoms with Crippen molar-refractivity contribution in [2.45, 2.75) is 44.8 Å². The Kier molecular flexibility index (Phi) is 4.70. The Bertz CT molecular complexity index is 505.